The Kier molecular flexibility index (Phi) is 4.81. The molecule has 0 amide bonds. The molecule has 2 aromatic rings. The van der Waals surface area contributed by atoms with Gasteiger partial charge < -0.3 is 4.90 Å². The molecule has 1 aliphatic carbocycles. The summed E-state index contributed by atoms with van der Waals surface area (Å²) in [5, 5.41) is 0. The highest BCUT2D eigenvalue weighted by Gasteiger charge is 2.44. The Morgan fingerprint density at radius 1 is 0.969 bits per heavy atom. The molecule has 0 aromatic heterocycles. The van der Waals surface area contributed by atoms with E-state index in [1.54, 1.807) is 0 Å². The molecule has 2 heteroatoms. The minimum absolute atomic E-state index is 0.00407. The molecule has 5 rings (SSSR count). The zero-order valence-electron chi connectivity index (χ0n) is 20.4. The van der Waals surface area contributed by atoms with Crippen molar-refractivity contribution in [1.82, 2.24) is 0 Å². The molecule has 0 saturated carbocycles. The summed E-state index contributed by atoms with van der Waals surface area (Å²) in [5.74, 6) is 0. The molecule has 2 heterocycles. The lowest BCUT2D eigenvalue weighted by Crippen LogP contribution is -2.27. The summed E-state index contributed by atoms with van der Waals surface area (Å²) in [6.45, 7) is 12.8. The van der Waals surface area contributed by atoms with Crippen LogP contribution >= 0.6 is 0 Å². The fraction of sp³-hybridized carbons (Fsp3) is 0.367. The maximum absolute atomic E-state index is 2.57. The van der Waals surface area contributed by atoms with Crippen LogP contribution in [0.5, 0.6) is 0 Å². The Hall–Kier alpha value is -2.87. The smallest absolute Gasteiger partial charge is 0.209 e. The largest absolute Gasteiger partial charge is 0.344 e. The van der Waals surface area contributed by atoms with Crippen LogP contribution in [0.2, 0.25) is 0 Å². The van der Waals surface area contributed by atoms with Gasteiger partial charge in [-0.25, -0.2) is 0 Å². The zero-order chi connectivity index (χ0) is 22.7. The lowest BCUT2D eigenvalue weighted by molar-refractivity contribution is -0.401. The quantitative estimate of drug-likeness (QED) is 0.393. The average Bonchev–Trinajstić information content (AvgIpc) is 3.06. The van der Waals surface area contributed by atoms with E-state index in [0.29, 0.717) is 0 Å². The highest BCUT2D eigenvalue weighted by atomic mass is 15.2. The van der Waals surface area contributed by atoms with Gasteiger partial charge in [-0.1, -0.05) is 69.7 Å². The minimum Gasteiger partial charge on any atom is -0.344 e. The van der Waals surface area contributed by atoms with Crippen LogP contribution in [0.15, 0.2) is 60.3 Å². The summed E-state index contributed by atoms with van der Waals surface area (Å²) in [6, 6.07) is 13.4. The van der Waals surface area contributed by atoms with E-state index in [1.165, 1.54) is 57.9 Å². The molecule has 0 bridgehead atoms. The van der Waals surface area contributed by atoms with Crippen molar-refractivity contribution in [2.45, 2.75) is 58.3 Å². The molecule has 0 spiro atoms. The van der Waals surface area contributed by atoms with Crippen LogP contribution in [0, 0.1) is 0 Å². The molecule has 0 atom stereocenters. The highest BCUT2D eigenvalue weighted by Crippen LogP contribution is 2.52. The van der Waals surface area contributed by atoms with Crippen molar-refractivity contribution >= 4 is 29.2 Å². The second-order valence-electron chi connectivity index (χ2n) is 10.4. The van der Waals surface area contributed by atoms with Crippen molar-refractivity contribution < 1.29 is 4.58 Å². The van der Waals surface area contributed by atoms with Crippen molar-refractivity contribution in [2.75, 3.05) is 18.5 Å². The molecule has 0 radical (unpaired) electrons. The molecule has 0 saturated heterocycles. The monoisotopic (exact) mass is 423 g/mol. The Bertz CT molecular complexity index is 1220. The second-order valence-corrected chi connectivity index (χ2v) is 10.4. The molecule has 2 aliphatic heterocycles. The third-order valence-electron chi connectivity index (χ3n) is 7.72. The third-order valence-corrected chi connectivity index (χ3v) is 7.72. The lowest BCUT2D eigenvalue weighted by atomic mass is 9.77. The van der Waals surface area contributed by atoms with Gasteiger partial charge in [0.25, 0.3) is 0 Å². The first kappa shape index (κ1) is 21.0. The van der Waals surface area contributed by atoms with E-state index >= 15 is 0 Å². The number of anilines is 1. The summed E-state index contributed by atoms with van der Waals surface area (Å²) in [6.07, 6.45) is 13.9. The zero-order valence-corrected chi connectivity index (χ0v) is 20.4. The first-order valence-electron chi connectivity index (χ1n) is 12.0. The van der Waals surface area contributed by atoms with Crippen molar-refractivity contribution in [3.05, 3.63) is 82.6 Å². The maximum Gasteiger partial charge on any atom is 0.209 e. The summed E-state index contributed by atoms with van der Waals surface area (Å²) in [5.41, 5.74) is 11.2. The Morgan fingerprint density at radius 3 is 2.44 bits per heavy atom. The molecular formula is C30H35N2+. The first-order chi connectivity index (χ1) is 15.3. The number of rotatable bonds is 5. The Labute approximate surface area is 193 Å². The molecule has 164 valence electrons. The molecule has 3 aliphatic rings. The summed E-state index contributed by atoms with van der Waals surface area (Å²) in [4.78, 5) is 2.57. The minimum atomic E-state index is -0.00571. The SMILES string of the molecule is CCCCN1/C(=C/C=C/C2=[N+](C)c3ccccc3C2(C)C)C(C)(C)c2c1ccc1c2C=C1. The van der Waals surface area contributed by atoms with E-state index in [-0.39, 0.29) is 10.8 Å². The standard InChI is InChI=1S/C30H35N2/c1-7-8-20-32-25-19-17-21-16-18-22(21)28(25)30(4,5)27(32)15-11-14-26-29(2,3)23-12-9-10-13-24(23)31(26)6/h9-19H,7-8,20H2,1-6H3/q+1. The number of nitrogens with zero attached hydrogens (tertiary/aromatic N) is 2. The van der Waals surface area contributed by atoms with Gasteiger partial charge in [-0.05, 0) is 49.1 Å². The number of para-hydroxylation sites is 1. The van der Waals surface area contributed by atoms with Crippen LogP contribution in [-0.2, 0) is 10.8 Å². The summed E-state index contributed by atoms with van der Waals surface area (Å²) < 4.78 is 2.35. The van der Waals surface area contributed by atoms with Gasteiger partial charge in [0.15, 0.2) is 5.71 Å². The van der Waals surface area contributed by atoms with E-state index in [2.05, 4.69) is 118 Å². The average molecular weight is 424 g/mol. The van der Waals surface area contributed by atoms with E-state index in [9.17, 15) is 0 Å². The van der Waals surface area contributed by atoms with E-state index in [1.807, 2.05) is 0 Å². The second kappa shape index (κ2) is 7.33. The van der Waals surface area contributed by atoms with Crippen molar-refractivity contribution in [1.29, 1.82) is 0 Å². The molecule has 0 N–H and O–H groups in total. The van der Waals surface area contributed by atoms with Gasteiger partial charge in [-0.3, -0.25) is 0 Å². The van der Waals surface area contributed by atoms with Gasteiger partial charge in [0.2, 0.25) is 5.69 Å². The maximum atomic E-state index is 2.57. The highest BCUT2D eigenvalue weighted by molar-refractivity contribution is 6.03. The molecule has 0 fully saturated rings. The van der Waals surface area contributed by atoms with Crippen LogP contribution in [0.25, 0.3) is 12.2 Å². The molecule has 32 heavy (non-hydrogen) atoms. The van der Waals surface area contributed by atoms with Crippen LogP contribution in [0.3, 0.4) is 0 Å². The molecule has 2 nitrogen and oxygen atoms in total. The van der Waals surface area contributed by atoms with Crippen molar-refractivity contribution in [3.8, 4) is 0 Å². The predicted molar refractivity (Wildman–Crippen MR) is 138 cm³/mol. The third kappa shape index (κ3) is 2.88. The summed E-state index contributed by atoms with van der Waals surface area (Å²) >= 11 is 0. The van der Waals surface area contributed by atoms with Crippen LogP contribution in [0.4, 0.5) is 11.4 Å². The molecule has 2 aromatic carbocycles. The van der Waals surface area contributed by atoms with Gasteiger partial charge in [0.1, 0.15) is 7.05 Å². The number of benzene rings is 2. The van der Waals surface area contributed by atoms with Gasteiger partial charge >= 0.3 is 0 Å². The number of fused-ring (bicyclic) bond motifs is 4. The first-order valence-corrected chi connectivity index (χ1v) is 12.0. The van der Waals surface area contributed by atoms with Crippen LogP contribution in [0.1, 0.15) is 69.7 Å². The number of hydrogen-bond donors (Lipinski definition) is 0. The molecule has 0 unspecified atom stereocenters. The Morgan fingerprint density at radius 2 is 1.75 bits per heavy atom. The fourth-order valence-corrected chi connectivity index (χ4v) is 5.89. The number of allylic oxidation sites excluding steroid dienone is 4. The Balaban J connectivity index is 1.54. The fourth-order valence-electron chi connectivity index (χ4n) is 5.89. The van der Waals surface area contributed by atoms with E-state index in [4.69, 9.17) is 0 Å². The van der Waals surface area contributed by atoms with E-state index < -0.39 is 0 Å². The number of hydrogen-bond acceptors (Lipinski definition) is 1. The topological polar surface area (TPSA) is 6.25 Å². The van der Waals surface area contributed by atoms with Gasteiger partial charge in [0.05, 0.1) is 5.41 Å². The number of unbranched alkanes of at least 4 members (excludes halogenated alkanes) is 1. The summed E-state index contributed by atoms with van der Waals surface area (Å²) in [7, 11) is 2.19. The van der Waals surface area contributed by atoms with Crippen molar-refractivity contribution in [2.24, 2.45) is 0 Å². The van der Waals surface area contributed by atoms with Crippen molar-refractivity contribution in [3.63, 3.8) is 0 Å². The normalized spacial score (nSPS) is 20.7. The van der Waals surface area contributed by atoms with Crippen LogP contribution < -0.4 is 4.90 Å². The van der Waals surface area contributed by atoms with Gasteiger partial charge in [-0.2, -0.15) is 4.58 Å². The predicted octanol–water partition coefficient (Wildman–Crippen LogP) is 7.21. The van der Waals surface area contributed by atoms with Gasteiger partial charge in [-0.15, -0.1) is 0 Å². The van der Waals surface area contributed by atoms with Gasteiger partial charge in [0, 0.05) is 41.1 Å². The van der Waals surface area contributed by atoms with E-state index in [0.717, 1.165) is 6.54 Å². The molecular weight excluding hydrogens is 388 g/mol. The van der Waals surface area contributed by atoms with Crippen LogP contribution in [-0.4, -0.2) is 23.9 Å². The lowest BCUT2D eigenvalue weighted by Gasteiger charge is -2.27.